The van der Waals surface area contributed by atoms with E-state index >= 15 is 0 Å². The van der Waals surface area contributed by atoms with Gasteiger partial charge in [-0.1, -0.05) is 6.92 Å². The maximum Gasteiger partial charge on any atom is 0.171 e. The fourth-order valence-electron chi connectivity index (χ4n) is 4.83. The number of hydrogen-bond donors (Lipinski definition) is 1. The Morgan fingerprint density at radius 3 is 2.40 bits per heavy atom. The van der Waals surface area contributed by atoms with Crippen LogP contribution in [-0.4, -0.2) is 58.5 Å². The van der Waals surface area contributed by atoms with Crippen LogP contribution in [0.1, 0.15) is 36.9 Å². The molecule has 3 aromatic heterocycles. The molecule has 0 aliphatic carbocycles. The van der Waals surface area contributed by atoms with E-state index in [0.29, 0.717) is 11.7 Å². The van der Waals surface area contributed by atoms with Gasteiger partial charge in [0.1, 0.15) is 5.65 Å². The van der Waals surface area contributed by atoms with Crippen molar-refractivity contribution in [2.24, 2.45) is 0 Å². The Morgan fingerprint density at radius 2 is 1.74 bits per heavy atom. The Labute approximate surface area is 202 Å². The van der Waals surface area contributed by atoms with Crippen molar-refractivity contribution in [2.75, 3.05) is 33.9 Å². The first-order chi connectivity index (χ1) is 17.0. The summed E-state index contributed by atoms with van der Waals surface area (Å²) in [5.41, 5.74) is 3.13. The minimum Gasteiger partial charge on any atom is -0.494 e. The number of methoxy groups -OCH3 is 2. The van der Waals surface area contributed by atoms with Crippen molar-refractivity contribution in [1.82, 2.24) is 24.6 Å². The van der Waals surface area contributed by atoms with Crippen molar-refractivity contribution in [3.8, 4) is 22.6 Å². The zero-order chi connectivity index (χ0) is 24.5. The Hall–Kier alpha value is -3.46. The lowest BCUT2D eigenvalue weighted by atomic mass is 10.0. The number of likely N-dealkylation sites (tertiary alicyclic amines) is 1. The minimum atomic E-state index is -0.736. The number of piperidine rings is 1. The SMILES string of the molecule is CCN1CCC(n2cc(-c3cnc4[nH]cc(Cc5c(F)c(OC)cc(OC)c5F)c4c3)cn2)CC1. The topological polar surface area (TPSA) is 68.2 Å². The van der Waals surface area contributed by atoms with Crippen LogP contribution in [0.5, 0.6) is 11.5 Å². The number of pyridine rings is 1. The summed E-state index contributed by atoms with van der Waals surface area (Å²) in [5, 5.41) is 5.42. The zero-order valence-corrected chi connectivity index (χ0v) is 20.1. The fraction of sp³-hybridized carbons (Fsp3) is 0.385. The van der Waals surface area contributed by atoms with Crippen molar-refractivity contribution in [3.05, 3.63) is 59.7 Å². The largest absolute Gasteiger partial charge is 0.494 e. The van der Waals surface area contributed by atoms with Crippen LogP contribution in [0.3, 0.4) is 0 Å². The highest BCUT2D eigenvalue weighted by atomic mass is 19.1. The van der Waals surface area contributed by atoms with E-state index < -0.39 is 11.6 Å². The molecule has 184 valence electrons. The van der Waals surface area contributed by atoms with Gasteiger partial charge in [0.2, 0.25) is 0 Å². The number of halogens is 2. The highest BCUT2D eigenvalue weighted by Crippen LogP contribution is 2.34. The van der Waals surface area contributed by atoms with Gasteiger partial charge in [-0.25, -0.2) is 13.8 Å². The number of aromatic amines is 1. The lowest BCUT2D eigenvalue weighted by Gasteiger charge is -2.31. The van der Waals surface area contributed by atoms with Crippen LogP contribution >= 0.6 is 0 Å². The van der Waals surface area contributed by atoms with Crippen molar-refractivity contribution in [3.63, 3.8) is 0 Å². The monoisotopic (exact) mass is 481 g/mol. The highest BCUT2D eigenvalue weighted by molar-refractivity contribution is 5.84. The first-order valence-electron chi connectivity index (χ1n) is 11.8. The van der Waals surface area contributed by atoms with Gasteiger partial charge in [0.15, 0.2) is 23.1 Å². The number of H-pyrrole nitrogens is 1. The van der Waals surface area contributed by atoms with Crippen LogP contribution < -0.4 is 9.47 Å². The number of aromatic nitrogens is 4. The molecule has 0 amide bonds. The van der Waals surface area contributed by atoms with E-state index in [1.807, 2.05) is 12.3 Å². The first-order valence-corrected chi connectivity index (χ1v) is 11.8. The lowest BCUT2D eigenvalue weighted by Crippen LogP contribution is -2.34. The fourth-order valence-corrected chi connectivity index (χ4v) is 4.83. The highest BCUT2D eigenvalue weighted by Gasteiger charge is 2.23. The van der Waals surface area contributed by atoms with Crippen molar-refractivity contribution in [2.45, 2.75) is 32.2 Å². The summed E-state index contributed by atoms with van der Waals surface area (Å²) in [6, 6.07) is 3.59. The molecule has 4 heterocycles. The summed E-state index contributed by atoms with van der Waals surface area (Å²) in [5.74, 6) is -1.59. The van der Waals surface area contributed by atoms with Gasteiger partial charge in [0.05, 0.1) is 26.5 Å². The number of ether oxygens (including phenoxy) is 2. The molecule has 1 aliphatic rings. The van der Waals surface area contributed by atoms with Gasteiger partial charge in [0.25, 0.3) is 0 Å². The van der Waals surface area contributed by atoms with Crippen LogP contribution in [0.25, 0.3) is 22.2 Å². The van der Waals surface area contributed by atoms with Crippen LogP contribution in [0.15, 0.2) is 36.9 Å². The van der Waals surface area contributed by atoms with Gasteiger partial charge >= 0.3 is 0 Å². The molecular formula is C26H29F2N5O2. The molecule has 0 radical (unpaired) electrons. The van der Waals surface area contributed by atoms with Crippen LogP contribution in [0.2, 0.25) is 0 Å². The van der Waals surface area contributed by atoms with E-state index in [4.69, 9.17) is 9.47 Å². The quantitative estimate of drug-likeness (QED) is 0.404. The Kier molecular flexibility index (Phi) is 6.42. The van der Waals surface area contributed by atoms with Crippen molar-refractivity contribution in [1.29, 1.82) is 0 Å². The molecule has 0 bridgehead atoms. The van der Waals surface area contributed by atoms with E-state index in [2.05, 4.69) is 37.8 Å². The average molecular weight is 482 g/mol. The van der Waals surface area contributed by atoms with Crippen molar-refractivity contribution < 1.29 is 18.3 Å². The van der Waals surface area contributed by atoms with E-state index in [1.165, 1.54) is 20.3 Å². The van der Waals surface area contributed by atoms with E-state index in [0.717, 1.165) is 54.6 Å². The average Bonchev–Trinajstić information content (AvgIpc) is 3.54. The molecule has 1 aliphatic heterocycles. The number of fused-ring (bicyclic) bond motifs is 1. The molecule has 1 N–H and O–H groups in total. The van der Waals surface area contributed by atoms with Gasteiger partial charge in [-0.2, -0.15) is 5.10 Å². The van der Waals surface area contributed by atoms with Gasteiger partial charge < -0.3 is 19.4 Å². The van der Waals surface area contributed by atoms with Gasteiger partial charge in [-0.3, -0.25) is 4.68 Å². The van der Waals surface area contributed by atoms with E-state index in [9.17, 15) is 8.78 Å². The summed E-state index contributed by atoms with van der Waals surface area (Å²) in [4.78, 5) is 10.1. The second kappa shape index (κ2) is 9.65. The van der Waals surface area contributed by atoms with Crippen LogP contribution in [0, 0.1) is 11.6 Å². The van der Waals surface area contributed by atoms with Crippen LogP contribution in [-0.2, 0) is 6.42 Å². The third-order valence-electron chi connectivity index (χ3n) is 6.96. The molecule has 0 spiro atoms. The molecule has 0 saturated carbocycles. The maximum atomic E-state index is 15.0. The number of nitrogens with zero attached hydrogens (tertiary/aromatic N) is 4. The molecule has 0 unspecified atom stereocenters. The minimum absolute atomic E-state index is 0.0195. The van der Waals surface area contributed by atoms with E-state index in [1.54, 1.807) is 12.4 Å². The predicted molar refractivity (Wildman–Crippen MR) is 130 cm³/mol. The molecule has 35 heavy (non-hydrogen) atoms. The Morgan fingerprint density at radius 1 is 1.03 bits per heavy atom. The third-order valence-corrected chi connectivity index (χ3v) is 6.96. The maximum absolute atomic E-state index is 15.0. The standard InChI is InChI=1S/C26H29F2N5O2/c1-4-32-7-5-19(6-8-32)33-15-18(14-31-33)16-9-20-17(13-30-26(20)29-12-16)10-21-24(27)22(34-2)11-23(35-3)25(21)28/h9,11-15,19H,4-8,10H2,1-3H3,(H,29,30). The summed E-state index contributed by atoms with van der Waals surface area (Å²) in [6.07, 6.45) is 9.62. The second-order valence-electron chi connectivity index (χ2n) is 8.87. The second-order valence-corrected chi connectivity index (χ2v) is 8.87. The normalized spacial score (nSPS) is 15.1. The molecule has 5 rings (SSSR count). The molecule has 0 atom stereocenters. The molecule has 1 aromatic carbocycles. The number of benzene rings is 1. The Balaban J connectivity index is 1.45. The molecule has 7 nitrogen and oxygen atoms in total. The molecule has 4 aromatic rings. The van der Waals surface area contributed by atoms with Crippen molar-refractivity contribution >= 4 is 11.0 Å². The molecule has 1 fully saturated rings. The number of rotatable bonds is 7. The van der Waals surface area contributed by atoms with Gasteiger partial charge in [0, 0.05) is 66.2 Å². The summed E-state index contributed by atoms with van der Waals surface area (Å²) < 4.78 is 42.1. The van der Waals surface area contributed by atoms with Gasteiger partial charge in [-0.05, 0) is 31.0 Å². The summed E-state index contributed by atoms with van der Waals surface area (Å²) >= 11 is 0. The predicted octanol–water partition coefficient (Wildman–Crippen LogP) is 4.97. The Bertz CT molecular complexity index is 1310. The lowest BCUT2D eigenvalue weighted by molar-refractivity contribution is 0.187. The smallest absolute Gasteiger partial charge is 0.171 e. The third kappa shape index (κ3) is 4.36. The number of hydrogen-bond acceptors (Lipinski definition) is 5. The van der Waals surface area contributed by atoms with Gasteiger partial charge in [-0.15, -0.1) is 0 Å². The first kappa shape index (κ1) is 23.3. The van der Waals surface area contributed by atoms with E-state index in [-0.39, 0.29) is 23.5 Å². The molecular weight excluding hydrogens is 452 g/mol. The zero-order valence-electron chi connectivity index (χ0n) is 20.1. The molecule has 9 heteroatoms. The van der Waals surface area contributed by atoms with Crippen LogP contribution in [0.4, 0.5) is 8.78 Å². The summed E-state index contributed by atoms with van der Waals surface area (Å²) in [6.45, 7) is 5.44. The molecule has 1 saturated heterocycles. The number of nitrogens with one attached hydrogen (secondary N) is 1. The summed E-state index contributed by atoms with van der Waals surface area (Å²) in [7, 11) is 2.68.